The summed E-state index contributed by atoms with van der Waals surface area (Å²) in [5.74, 6) is 1.77. The average Bonchev–Trinajstić information content (AvgIpc) is 2.97. The minimum Gasteiger partial charge on any atom is -0.493 e. The molecule has 1 aromatic rings. The van der Waals surface area contributed by atoms with Gasteiger partial charge in [0.15, 0.2) is 11.5 Å². The molecule has 0 amide bonds. The van der Waals surface area contributed by atoms with Gasteiger partial charge in [-0.25, -0.2) is 0 Å². The lowest BCUT2D eigenvalue weighted by Crippen LogP contribution is -2.28. The summed E-state index contributed by atoms with van der Waals surface area (Å²) in [4.78, 5) is 12.6. The largest absolute Gasteiger partial charge is 0.493 e. The van der Waals surface area contributed by atoms with Gasteiger partial charge in [0.25, 0.3) is 0 Å². The van der Waals surface area contributed by atoms with Gasteiger partial charge in [-0.2, -0.15) is 0 Å². The van der Waals surface area contributed by atoms with Crippen molar-refractivity contribution >= 4 is 5.78 Å². The molecule has 0 N–H and O–H groups in total. The van der Waals surface area contributed by atoms with Gasteiger partial charge in [0.05, 0.1) is 14.2 Å². The Morgan fingerprint density at radius 3 is 2.35 bits per heavy atom. The average molecular weight is 276 g/mol. The molecule has 20 heavy (non-hydrogen) atoms. The molecule has 1 aliphatic carbocycles. The highest BCUT2D eigenvalue weighted by atomic mass is 16.5. The number of rotatable bonds is 6. The lowest BCUT2D eigenvalue weighted by atomic mass is 9.77. The van der Waals surface area contributed by atoms with Gasteiger partial charge in [0.1, 0.15) is 5.78 Å². The van der Waals surface area contributed by atoms with Crippen LogP contribution in [0.2, 0.25) is 0 Å². The first-order valence-corrected chi connectivity index (χ1v) is 7.39. The highest BCUT2D eigenvalue weighted by molar-refractivity contribution is 5.87. The zero-order chi connectivity index (χ0) is 14.6. The van der Waals surface area contributed by atoms with Crippen molar-refractivity contribution in [1.82, 2.24) is 0 Å². The third-order valence-corrected chi connectivity index (χ3v) is 4.64. The Balaban J connectivity index is 2.15. The first-order chi connectivity index (χ1) is 9.65. The summed E-state index contributed by atoms with van der Waals surface area (Å²) in [7, 11) is 3.24. The molecular formula is C17H24O3. The minimum absolute atomic E-state index is 0.0762. The quantitative estimate of drug-likeness (QED) is 0.793. The number of ketones is 1. The van der Waals surface area contributed by atoms with Crippen molar-refractivity contribution in [3.8, 4) is 11.5 Å². The number of carbonyl (C=O) groups excluding carboxylic acids is 1. The van der Waals surface area contributed by atoms with E-state index >= 15 is 0 Å². The van der Waals surface area contributed by atoms with Crippen LogP contribution in [0.5, 0.6) is 11.5 Å². The number of benzene rings is 1. The normalized spacial score (nSPS) is 16.9. The van der Waals surface area contributed by atoms with Gasteiger partial charge in [-0.05, 0) is 37.0 Å². The van der Waals surface area contributed by atoms with Crippen molar-refractivity contribution in [1.29, 1.82) is 0 Å². The van der Waals surface area contributed by atoms with Crippen LogP contribution in [-0.2, 0) is 11.2 Å². The van der Waals surface area contributed by atoms with E-state index in [1.807, 2.05) is 18.2 Å². The second-order valence-corrected chi connectivity index (χ2v) is 5.63. The van der Waals surface area contributed by atoms with Crippen LogP contribution in [0.4, 0.5) is 0 Å². The Labute approximate surface area is 121 Å². The topological polar surface area (TPSA) is 35.5 Å². The molecule has 1 saturated carbocycles. The van der Waals surface area contributed by atoms with Gasteiger partial charge >= 0.3 is 0 Å². The molecule has 0 aliphatic heterocycles. The molecule has 1 fully saturated rings. The lowest BCUT2D eigenvalue weighted by Gasteiger charge is -2.25. The predicted molar refractivity (Wildman–Crippen MR) is 79.4 cm³/mol. The lowest BCUT2D eigenvalue weighted by molar-refractivity contribution is -0.128. The van der Waals surface area contributed by atoms with Crippen LogP contribution in [0.1, 0.15) is 44.6 Å². The summed E-state index contributed by atoms with van der Waals surface area (Å²) in [5, 5.41) is 0. The van der Waals surface area contributed by atoms with Gasteiger partial charge in [0, 0.05) is 11.8 Å². The van der Waals surface area contributed by atoms with Crippen molar-refractivity contribution in [3.05, 3.63) is 23.8 Å². The highest BCUT2D eigenvalue weighted by Gasteiger charge is 2.38. The fraction of sp³-hybridized carbons (Fsp3) is 0.588. The van der Waals surface area contributed by atoms with Crippen LogP contribution < -0.4 is 9.47 Å². The molecule has 2 rings (SSSR count). The second kappa shape index (κ2) is 6.29. The van der Waals surface area contributed by atoms with Crippen molar-refractivity contribution < 1.29 is 14.3 Å². The molecule has 0 saturated heterocycles. The fourth-order valence-corrected chi connectivity index (χ4v) is 3.24. The molecule has 1 aliphatic rings. The molecule has 0 spiro atoms. The van der Waals surface area contributed by atoms with E-state index in [4.69, 9.17) is 9.47 Å². The zero-order valence-electron chi connectivity index (χ0n) is 12.7. The van der Waals surface area contributed by atoms with Gasteiger partial charge in [0.2, 0.25) is 0 Å². The summed E-state index contributed by atoms with van der Waals surface area (Å²) in [5.41, 5.74) is 0.931. The van der Waals surface area contributed by atoms with Crippen LogP contribution in [0, 0.1) is 5.41 Å². The minimum atomic E-state index is -0.0762. The van der Waals surface area contributed by atoms with Gasteiger partial charge in [-0.3, -0.25) is 4.79 Å². The Morgan fingerprint density at radius 2 is 1.80 bits per heavy atom. The SMILES string of the molecule is CCC1(C(=O)Cc2ccc(OC)c(OC)c2)CCCC1. The number of carbonyl (C=O) groups is 1. The smallest absolute Gasteiger partial charge is 0.161 e. The number of hydrogen-bond acceptors (Lipinski definition) is 3. The number of ether oxygens (including phenoxy) is 2. The molecule has 0 unspecified atom stereocenters. The second-order valence-electron chi connectivity index (χ2n) is 5.63. The summed E-state index contributed by atoms with van der Waals surface area (Å²) >= 11 is 0. The Morgan fingerprint density at radius 1 is 1.15 bits per heavy atom. The molecule has 3 heteroatoms. The number of Topliss-reactive ketones (excluding diaryl/α,β-unsaturated/α-hetero) is 1. The van der Waals surface area contributed by atoms with Crippen molar-refractivity contribution in [3.63, 3.8) is 0 Å². The molecule has 0 atom stereocenters. The van der Waals surface area contributed by atoms with Crippen LogP contribution in [0.3, 0.4) is 0 Å². The zero-order valence-corrected chi connectivity index (χ0v) is 12.7. The molecule has 1 aromatic carbocycles. The molecular weight excluding hydrogens is 252 g/mol. The molecule has 110 valence electrons. The standard InChI is InChI=1S/C17H24O3/c1-4-17(9-5-6-10-17)16(18)12-13-7-8-14(19-2)15(11-13)20-3/h7-8,11H,4-6,9-10,12H2,1-3H3. The summed E-state index contributed by atoms with van der Waals surface area (Å²) in [6.07, 6.45) is 5.93. The van der Waals surface area contributed by atoms with E-state index in [-0.39, 0.29) is 5.41 Å². The maximum atomic E-state index is 12.6. The maximum Gasteiger partial charge on any atom is 0.161 e. The molecule has 0 heterocycles. The number of hydrogen-bond donors (Lipinski definition) is 0. The summed E-state index contributed by atoms with van der Waals surface area (Å²) in [6.45, 7) is 2.14. The first kappa shape index (κ1) is 14.9. The van der Waals surface area contributed by atoms with E-state index in [0.29, 0.717) is 23.7 Å². The molecule has 3 nitrogen and oxygen atoms in total. The van der Waals surface area contributed by atoms with Gasteiger partial charge < -0.3 is 9.47 Å². The van der Waals surface area contributed by atoms with E-state index in [2.05, 4.69) is 6.92 Å². The van der Waals surface area contributed by atoms with E-state index in [9.17, 15) is 4.79 Å². The predicted octanol–water partition coefficient (Wildman–Crippen LogP) is 3.79. The summed E-state index contributed by atoms with van der Waals surface area (Å²) < 4.78 is 10.5. The molecule has 0 aromatic heterocycles. The van der Waals surface area contributed by atoms with E-state index < -0.39 is 0 Å². The van der Waals surface area contributed by atoms with Crippen LogP contribution >= 0.6 is 0 Å². The molecule has 0 radical (unpaired) electrons. The Kier molecular flexibility index (Phi) is 4.69. The van der Waals surface area contributed by atoms with E-state index in [0.717, 1.165) is 24.8 Å². The third kappa shape index (κ3) is 2.82. The third-order valence-electron chi connectivity index (χ3n) is 4.64. The van der Waals surface area contributed by atoms with Gasteiger partial charge in [-0.15, -0.1) is 0 Å². The van der Waals surface area contributed by atoms with Crippen molar-refractivity contribution in [2.75, 3.05) is 14.2 Å². The fourth-order valence-electron chi connectivity index (χ4n) is 3.24. The van der Waals surface area contributed by atoms with Crippen LogP contribution in [-0.4, -0.2) is 20.0 Å². The maximum absolute atomic E-state index is 12.6. The van der Waals surface area contributed by atoms with Crippen molar-refractivity contribution in [2.45, 2.75) is 45.4 Å². The summed E-state index contributed by atoms with van der Waals surface area (Å²) in [6, 6.07) is 5.74. The Bertz CT molecular complexity index is 473. The van der Waals surface area contributed by atoms with Crippen LogP contribution in [0.15, 0.2) is 18.2 Å². The van der Waals surface area contributed by atoms with E-state index in [1.54, 1.807) is 14.2 Å². The molecule has 0 bridgehead atoms. The van der Waals surface area contributed by atoms with Gasteiger partial charge in [-0.1, -0.05) is 25.8 Å². The Hall–Kier alpha value is -1.51. The first-order valence-electron chi connectivity index (χ1n) is 7.39. The number of methoxy groups -OCH3 is 2. The highest BCUT2D eigenvalue weighted by Crippen LogP contribution is 2.42. The van der Waals surface area contributed by atoms with E-state index in [1.165, 1.54) is 12.8 Å². The monoisotopic (exact) mass is 276 g/mol. The van der Waals surface area contributed by atoms with Crippen LogP contribution in [0.25, 0.3) is 0 Å². The van der Waals surface area contributed by atoms with Crippen molar-refractivity contribution in [2.24, 2.45) is 5.41 Å².